The minimum Gasteiger partial charge on any atom is -0.309 e. The van der Waals surface area contributed by atoms with Gasteiger partial charge in [0.2, 0.25) is 0 Å². The van der Waals surface area contributed by atoms with Gasteiger partial charge in [-0.25, -0.2) is 0 Å². The Morgan fingerprint density at radius 3 is 2.63 bits per heavy atom. The smallest absolute Gasteiger partial charge is 0.0302 e. The molecule has 1 N–H and O–H groups in total. The van der Waals surface area contributed by atoms with Crippen molar-refractivity contribution in [2.75, 3.05) is 0 Å². The Labute approximate surface area is 122 Å². The van der Waals surface area contributed by atoms with Crippen molar-refractivity contribution in [3.63, 3.8) is 0 Å². The molecular weight excluding hydrogens is 250 g/mol. The van der Waals surface area contributed by atoms with Crippen molar-refractivity contribution in [1.82, 2.24) is 5.32 Å². The van der Waals surface area contributed by atoms with Crippen LogP contribution in [0.2, 0.25) is 0 Å². The van der Waals surface area contributed by atoms with Crippen molar-refractivity contribution in [1.29, 1.82) is 0 Å². The van der Waals surface area contributed by atoms with Gasteiger partial charge in [-0.3, -0.25) is 0 Å². The van der Waals surface area contributed by atoms with Gasteiger partial charge in [-0.05, 0) is 49.1 Å². The molecule has 0 spiro atoms. The summed E-state index contributed by atoms with van der Waals surface area (Å²) in [5.74, 6) is 2.56. The predicted octanol–water partition coefficient (Wildman–Crippen LogP) is 4.86. The van der Waals surface area contributed by atoms with E-state index in [0.717, 1.165) is 30.3 Å². The van der Waals surface area contributed by atoms with Crippen LogP contribution in [0.15, 0.2) is 12.1 Å². The van der Waals surface area contributed by atoms with E-state index in [1.165, 1.54) is 35.4 Å². The van der Waals surface area contributed by atoms with Crippen molar-refractivity contribution in [2.45, 2.75) is 66.0 Å². The van der Waals surface area contributed by atoms with Crippen molar-refractivity contribution in [3.05, 3.63) is 21.9 Å². The third kappa shape index (κ3) is 4.06. The van der Waals surface area contributed by atoms with Gasteiger partial charge in [0, 0.05) is 22.3 Å². The number of hydrogen-bond acceptors (Lipinski definition) is 2. The van der Waals surface area contributed by atoms with E-state index < -0.39 is 0 Å². The number of thiophene rings is 1. The zero-order chi connectivity index (χ0) is 13.8. The first-order valence-electron chi connectivity index (χ1n) is 7.91. The van der Waals surface area contributed by atoms with Crippen LogP contribution in [0.1, 0.15) is 56.7 Å². The summed E-state index contributed by atoms with van der Waals surface area (Å²) >= 11 is 1.97. The molecule has 1 heterocycles. The summed E-state index contributed by atoms with van der Waals surface area (Å²) in [6.45, 7) is 10.5. The molecule has 0 aliphatic heterocycles. The zero-order valence-corrected chi connectivity index (χ0v) is 13.7. The Hall–Kier alpha value is -0.340. The molecule has 3 unspecified atom stereocenters. The lowest BCUT2D eigenvalue weighted by Gasteiger charge is -2.38. The van der Waals surface area contributed by atoms with E-state index >= 15 is 0 Å². The summed E-state index contributed by atoms with van der Waals surface area (Å²) in [6, 6.07) is 5.30. The summed E-state index contributed by atoms with van der Waals surface area (Å²) < 4.78 is 0. The summed E-state index contributed by atoms with van der Waals surface area (Å²) in [7, 11) is 0. The first-order valence-corrected chi connectivity index (χ1v) is 8.72. The Balaban J connectivity index is 1.91. The molecule has 0 saturated heterocycles. The lowest BCUT2D eigenvalue weighted by molar-refractivity contribution is 0.169. The fraction of sp³-hybridized carbons (Fsp3) is 0.765. The van der Waals surface area contributed by atoms with E-state index in [-0.39, 0.29) is 0 Å². The molecule has 0 bridgehead atoms. The number of rotatable bonds is 5. The van der Waals surface area contributed by atoms with E-state index in [2.05, 4.69) is 45.1 Å². The molecule has 1 aromatic rings. The molecule has 0 aromatic carbocycles. The highest BCUT2D eigenvalue weighted by Gasteiger charge is 2.30. The zero-order valence-electron chi connectivity index (χ0n) is 12.9. The van der Waals surface area contributed by atoms with Crippen molar-refractivity contribution in [3.8, 4) is 0 Å². The second-order valence-electron chi connectivity index (χ2n) is 6.54. The molecule has 3 atom stereocenters. The summed E-state index contributed by atoms with van der Waals surface area (Å²) in [6.07, 6.45) is 5.34. The van der Waals surface area contributed by atoms with Crippen LogP contribution in [-0.4, -0.2) is 6.04 Å². The third-order valence-corrected chi connectivity index (χ3v) is 5.86. The van der Waals surface area contributed by atoms with Gasteiger partial charge < -0.3 is 5.32 Å². The van der Waals surface area contributed by atoms with E-state index in [1.807, 2.05) is 11.3 Å². The fourth-order valence-electron chi connectivity index (χ4n) is 3.38. The maximum Gasteiger partial charge on any atom is 0.0302 e. The van der Waals surface area contributed by atoms with Crippen LogP contribution in [-0.2, 0) is 13.0 Å². The second kappa shape index (κ2) is 6.90. The molecule has 108 valence electrons. The van der Waals surface area contributed by atoms with Crippen LogP contribution >= 0.6 is 11.3 Å². The summed E-state index contributed by atoms with van der Waals surface area (Å²) in [5, 5.41) is 3.85. The van der Waals surface area contributed by atoms with Gasteiger partial charge in [0.15, 0.2) is 0 Å². The molecule has 2 heteroatoms. The van der Waals surface area contributed by atoms with Gasteiger partial charge in [-0.1, -0.05) is 34.1 Å². The van der Waals surface area contributed by atoms with E-state index in [9.17, 15) is 0 Å². The van der Waals surface area contributed by atoms with Crippen LogP contribution in [0, 0.1) is 17.8 Å². The average molecular weight is 279 g/mol. The van der Waals surface area contributed by atoms with Crippen molar-refractivity contribution < 1.29 is 0 Å². The number of aryl methyl sites for hydroxylation is 1. The molecule has 1 saturated carbocycles. The Kier molecular flexibility index (Phi) is 5.47. The van der Waals surface area contributed by atoms with Gasteiger partial charge in [-0.2, -0.15) is 0 Å². The topological polar surface area (TPSA) is 12.0 Å². The first-order chi connectivity index (χ1) is 9.10. The molecule has 1 fully saturated rings. The quantitative estimate of drug-likeness (QED) is 0.811. The minimum absolute atomic E-state index is 0.718. The van der Waals surface area contributed by atoms with Gasteiger partial charge >= 0.3 is 0 Å². The number of hydrogen-bond donors (Lipinski definition) is 1. The highest BCUT2D eigenvalue weighted by atomic mass is 32.1. The van der Waals surface area contributed by atoms with E-state index in [4.69, 9.17) is 0 Å². The summed E-state index contributed by atoms with van der Waals surface area (Å²) in [4.78, 5) is 3.01. The largest absolute Gasteiger partial charge is 0.309 e. The SMILES string of the molecule is CCc1ccc(CNC2CC(C)CCC2C(C)C)s1. The molecule has 1 aliphatic rings. The maximum atomic E-state index is 3.85. The van der Waals surface area contributed by atoms with Gasteiger partial charge in [0.1, 0.15) is 0 Å². The van der Waals surface area contributed by atoms with Crippen LogP contribution in [0.4, 0.5) is 0 Å². The molecule has 1 aromatic heterocycles. The van der Waals surface area contributed by atoms with Gasteiger partial charge in [0.25, 0.3) is 0 Å². The monoisotopic (exact) mass is 279 g/mol. The Morgan fingerprint density at radius 1 is 1.26 bits per heavy atom. The minimum atomic E-state index is 0.718. The highest BCUT2D eigenvalue weighted by molar-refractivity contribution is 7.11. The maximum absolute atomic E-state index is 3.85. The molecule has 0 radical (unpaired) electrons. The van der Waals surface area contributed by atoms with E-state index in [0.29, 0.717) is 0 Å². The average Bonchev–Trinajstić information content (AvgIpc) is 2.84. The summed E-state index contributed by atoms with van der Waals surface area (Å²) in [5.41, 5.74) is 0. The van der Waals surface area contributed by atoms with Gasteiger partial charge in [-0.15, -0.1) is 11.3 Å². The molecular formula is C17H29NS. The lowest BCUT2D eigenvalue weighted by atomic mass is 9.74. The molecule has 19 heavy (non-hydrogen) atoms. The second-order valence-corrected chi connectivity index (χ2v) is 7.79. The van der Waals surface area contributed by atoms with Crippen molar-refractivity contribution >= 4 is 11.3 Å². The lowest BCUT2D eigenvalue weighted by Crippen LogP contribution is -2.42. The molecule has 1 nitrogen and oxygen atoms in total. The first kappa shape index (κ1) is 15.1. The molecule has 1 aliphatic carbocycles. The van der Waals surface area contributed by atoms with Gasteiger partial charge in [0.05, 0.1) is 0 Å². The van der Waals surface area contributed by atoms with Crippen LogP contribution in [0.3, 0.4) is 0 Å². The third-order valence-electron chi connectivity index (χ3n) is 4.63. The predicted molar refractivity (Wildman–Crippen MR) is 85.7 cm³/mol. The van der Waals surface area contributed by atoms with Crippen LogP contribution in [0.5, 0.6) is 0 Å². The molecule has 2 rings (SSSR count). The Bertz CT molecular complexity index is 382. The van der Waals surface area contributed by atoms with Crippen molar-refractivity contribution in [2.24, 2.45) is 17.8 Å². The standard InChI is InChI=1S/C17H29NS/c1-5-14-7-8-15(19-14)11-18-17-10-13(4)6-9-16(17)12(2)3/h7-8,12-13,16-18H,5-6,9-11H2,1-4H3. The molecule has 0 amide bonds. The fourth-order valence-corrected chi connectivity index (χ4v) is 4.28. The normalized spacial score (nSPS) is 27.9. The van der Waals surface area contributed by atoms with Crippen LogP contribution < -0.4 is 5.32 Å². The number of nitrogens with one attached hydrogen (secondary N) is 1. The van der Waals surface area contributed by atoms with Crippen LogP contribution in [0.25, 0.3) is 0 Å². The van der Waals surface area contributed by atoms with E-state index in [1.54, 1.807) is 0 Å². The highest BCUT2D eigenvalue weighted by Crippen LogP contribution is 2.33. The Morgan fingerprint density at radius 2 is 2.00 bits per heavy atom.